The van der Waals surface area contributed by atoms with Crippen molar-refractivity contribution in [3.8, 4) is 22.5 Å². The first kappa shape index (κ1) is 34.3. The summed E-state index contributed by atoms with van der Waals surface area (Å²) < 4.78 is 0. The molecule has 1 aliphatic carbocycles. The number of aliphatic imine (C=N–C) groups is 1. The van der Waals surface area contributed by atoms with Gasteiger partial charge in [0.05, 0.1) is 6.54 Å². The first-order valence-corrected chi connectivity index (χ1v) is 11.5. The Labute approximate surface area is 232 Å². The number of H-pyrrole nitrogens is 1. The summed E-state index contributed by atoms with van der Waals surface area (Å²) in [4.78, 5) is 20.3. The number of nitrogens with zero attached hydrogens (tertiary/aromatic N) is 5. The maximum atomic E-state index is 13.4. The number of hydrogen-bond donors (Lipinski definition) is 1. The van der Waals surface area contributed by atoms with Gasteiger partial charge in [0.1, 0.15) is 11.4 Å². The monoisotopic (exact) mass is 524 g/mol. The Hall–Kier alpha value is -2.74. The van der Waals surface area contributed by atoms with Crippen LogP contribution in [0, 0.1) is 0 Å². The Morgan fingerprint density at radius 2 is 1.59 bits per heavy atom. The first-order valence-electron chi connectivity index (χ1n) is 11.5. The van der Waals surface area contributed by atoms with Gasteiger partial charge in [-0.3, -0.25) is 14.7 Å². The van der Waals surface area contributed by atoms with Crippen molar-refractivity contribution in [2.45, 2.75) is 64.0 Å². The molecule has 2 aromatic carbocycles. The summed E-state index contributed by atoms with van der Waals surface area (Å²) in [6.07, 6.45) is 7.01. The van der Waals surface area contributed by atoms with E-state index in [1.807, 2.05) is 23.1 Å². The van der Waals surface area contributed by atoms with Crippen molar-refractivity contribution in [1.29, 1.82) is 0 Å². The molecule has 0 bridgehead atoms. The van der Waals surface area contributed by atoms with E-state index in [-0.39, 0.29) is 50.9 Å². The molecular formula is C25H36MgN6O5+2. The van der Waals surface area contributed by atoms with E-state index in [4.69, 9.17) is 4.99 Å². The van der Waals surface area contributed by atoms with Gasteiger partial charge >= 0.3 is 23.1 Å². The zero-order valence-electron chi connectivity index (χ0n) is 21.1. The molecule has 0 unspecified atom stereocenters. The van der Waals surface area contributed by atoms with E-state index < -0.39 is 5.54 Å². The number of carbonyl (C=O) groups excluding carboxylic acids is 1. The summed E-state index contributed by atoms with van der Waals surface area (Å²) in [5.41, 5.74) is 3.69. The summed E-state index contributed by atoms with van der Waals surface area (Å²) in [7, 11) is 0. The minimum Gasteiger partial charge on any atom is -0.412 e. The molecule has 0 saturated heterocycles. The second-order valence-electron chi connectivity index (χ2n) is 8.74. The predicted octanol–water partition coefficient (Wildman–Crippen LogP) is 1.10. The fraction of sp³-hybridized carbons (Fsp3) is 0.400. The molecule has 0 atom stereocenters. The summed E-state index contributed by atoms with van der Waals surface area (Å²) in [6.45, 7) is 2.76. The predicted molar refractivity (Wildman–Crippen MR) is 144 cm³/mol. The second-order valence-corrected chi connectivity index (χ2v) is 8.74. The van der Waals surface area contributed by atoms with Crippen molar-refractivity contribution in [3.05, 3.63) is 54.1 Å². The summed E-state index contributed by atoms with van der Waals surface area (Å²) in [6, 6.07) is 16.4. The molecule has 9 N–H and O–H groups in total. The topological polar surface area (TPSA) is 213 Å². The number of nitrogens with one attached hydrogen (secondary N) is 1. The van der Waals surface area contributed by atoms with Gasteiger partial charge in [0, 0.05) is 12.0 Å². The van der Waals surface area contributed by atoms with Crippen LogP contribution in [-0.2, 0) is 11.3 Å². The van der Waals surface area contributed by atoms with Crippen LogP contribution in [0.4, 0.5) is 0 Å². The minimum atomic E-state index is -0.480. The summed E-state index contributed by atoms with van der Waals surface area (Å²) in [5, 5.41) is 14.5. The molecule has 0 radical (unpaired) electrons. The van der Waals surface area contributed by atoms with Crippen LogP contribution < -0.4 is 0 Å². The van der Waals surface area contributed by atoms with Crippen LogP contribution in [0.3, 0.4) is 0 Å². The minimum absolute atomic E-state index is 0. The van der Waals surface area contributed by atoms with Gasteiger partial charge in [-0.2, -0.15) is 5.21 Å². The summed E-state index contributed by atoms with van der Waals surface area (Å²) >= 11 is 0. The van der Waals surface area contributed by atoms with Gasteiger partial charge < -0.3 is 21.9 Å². The van der Waals surface area contributed by atoms with Crippen LogP contribution in [0.15, 0.2) is 53.5 Å². The van der Waals surface area contributed by atoms with Crippen LogP contribution in [0.25, 0.3) is 22.5 Å². The molecule has 1 spiro atoms. The van der Waals surface area contributed by atoms with Crippen LogP contribution in [0.2, 0.25) is 0 Å². The number of tetrazole rings is 1. The van der Waals surface area contributed by atoms with Gasteiger partial charge in [0.2, 0.25) is 5.82 Å². The average molecular weight is 525 g/mol. The summed E-state index contributed by atoms with van der Waals surface area (Å²) in [5.74, 6) is 1.75. The van der Waals surface area contributed by atoms with Crippen molar-refractivity contribution in [2.24, 2.45) is 4.99 Å². The number of unbranched alkanes of at least 4 members (excludes halogenated alkanes) is 1. The van der Waals surface area contributed by atoms with Crippen molar-refractivity contribution >= 4 is 34.8 Å². The third-order valence-corrected chi connectivity index (χ3v) is 6.60. The fourth-order valence-corrected chi connectivity index (χ4v) is 4.88. The first-order chi connectivity index (χ1) is 15.7. The van der Waals surface area contributed by atoms with Crippen molar-refractivity contribution in [1.82, 2.24) is 25.5 Å². The number of rotatable bonds is 7. The number of carbonyl (C=O) groups is 1. The van der Waals surface area contributed by atoms with Gasteiger partial charge in [0.25, 0.3) is 5.91 Å². The number of benzene rings is 2. The molecule has 1 aliphatic heterocycles. The van der Waals surface area contributed by atoms with Gasteiger partial charge in [0.15, 0.2) is 0 Å². The third kappa shape index (κ3) is 6.77. The van der Waals surface area contributed by atoms with E-state index in [2.05, 4.69) is 57.9 Å². The molecule has 37 heavy (non-hydrogen) atoms. The molecule has 12 heteroatoms. The Balaban J connectivity index is 0.00000259. The number of aromatic nitrogens is 4. The van der Waals surface area contributed by atoms with Gasteiger partial charge in [-0.25, -0.2) is 0 Å². The zero-order chi connectivity index (χ0) is 22.0. The molecule has 5 rings (SSSR count). The number of amides is 1. The van der Waals surface area contributed by atoms with E-state index in [0.717, 1.165) is 73.0 Å². The quantitative estimate of drug-likeness (QED) is 0.449. The van der Waals surface area contributed by atoms with Gasteiger partial charge in [-0.1, -0.05) is 74.7 Å². The molecule has 2 heterocycles. The van der Waals surface area contributed by atoms with Crippen LogP contribution >= 0.6 is 0 Å². The number of aromatic amines is 1. The molecule has 2 aliphatic rings. The maximum absolute atomic E-state index is 13.4. The molecule has 1 amide bonds. The fourth-order valence-electron chi connectivity index (χ4n) is 4.88. The Morgan fingerprint density at radius 3 is 2.19 bits per heavy atom. The molecule has 1 fully saturated rings. The molecular weight excluding hydrogens is 489 g/mol. The second kappa shape index (κ2) is 14.9. The third-order valence-electron chi connectivity index (χ3n) is 6.60. The van der Waals surface area contributed by atoms with E-state index >= 15 is 0 Å². The maximum Gasteiger partial charge on any atom is 2.00 e. The largest absolute Gasteiger partial charge is 2.00 e. The SMILES string of the molecule is CCCCC1=NC2(CCCC2)C(=O)N1Cc1ccc(-c2ccccc2-c2nn[nH]n2)cc1.O.O.O.O.[Mg+2]. The molecule has 11 nitrogen and oxygen atoms in total. The van der Waals surface area contributed by atoms with Crippen molar-refractivity contribution in [3.63, 3.8) is 0 Å². The smallest absolute Gasteiger partial charge is 0.412 e. The Bertz CT molecular complexity index is 1130. The van der Waals surface area contributed by atoms with Gasteiger partial charge in [-0.15, -0.1) is 10.2 Å². The van der Waals surface area contributed by atoms with Gasteiger partial charge in [-0.05, 0) is 41.2 Å². The zero-order valence-corrected chi connectivity index (χ0v) is 22.5. The van der Waals surface area contributed by atoms with Crippen molar-refractivity contribution in [2.75, 3.05) is 0 Å². The molecule has 196 valence electrons. The van der Waals surface area contributed by atoms with E-state index in [9.17, 15) is 4.79 Å². The number of amidine groups is 1. The average Bonchev–Trinajstić information content (AvgIpc) is 3.58. The van der Waals surface area contributed by atoms with E-state index in [0.29, 0.717) is 12.4 Å². The molecule has 3 aromatic rings. The Morgan fingerprint density at radius 1 is 0.946 bits per heavy atom. The Kier molecular flexibility index (Phi) is 13.8. The number of hydrogen-bond acceptors (Lipinski definition) is 5. The van der Waals surface area contributed by atoms with Crippen molar-refractivity contribution < 1.29 is 26.7 Å². The molecule has 1 aromatic heterocycles. The normalized spacial score (nSPS) is 15.0. The van der Waals surface area contributed by atoms with E-state index in [1.54, 1.807) is 0 Å². The van der Waals surface area contributed by atoms with E-state index in [1.165, 1.54) is 0 Å². The van der Waals surface area contributed by atoms with Crippen LogP contribution in [0.1, 0.15) is 57.4 Å². The van der Waals surface area contributed by atoms with Crippen LogP contribution in [0.5, 0.6) is 0 Å². The standard InChI is InChI=1S/C25H28N6O.Mg.4H2O/c1-2-3-10-22-26-25(15-6-7-16-25)24(32)31(22)17-18-11-13-19(14-12-18)20-8-4-5-9-21(20)23-27-29-30-28-23;;;;;/h4-5,8-9,11-14H,2-3,6-7,10,15-17H2,1H3,(H,27,28,29,30);;4*1H2/q;+2;;;;. The van der Waals surface area contributed by atoms with Crippen LogP contribution in [-0.4, -0.2) is 87.8 Å². The molecule has 1 saturated carbocycles.